The van der Waals surface area contributed by atoms with Gasteiger partial charge in [-0.25, -0.2) is 0 Å². The lowest BCUT2D eigenvalue weighted by atomic mass is 10.1. The first-order valence-corrected chi connectivity index (χ1v) is 7.87. The highest BCUT2D eigenvalue weighted by Gasteiger charge is 2.17. The van der Waals surface area contributed by atoms with Crippen LogP contribution in [0.5, 0.6) is 0 Å². The minimum atomic E-state index is -0.0872. The fraction of sp³-hybridized carbons (Fsp3) is 0.529. The van der Waals surface area contributed by atoms with Gasteiger partial charge >= 0.3 is 0 Å². The minimum Gasteiger partial charge on any atom is -0.355 e. The number of benzene rings is 1. The van der Waals surface area contributed by atoms with E-state index in [1.54, 1.807) is 19.2 Å². The van der Waals surface area contributed by atoms with Crippen LogP contribution in [-0.4, -0.2) is 43.4 Å². The summed E-state index contributed by atoms with van der Waals surface area (Å²) in [5.41, 5.74) is 1.73. The zero-order valence-corrected chi connectivity index (χ0v) is 13.4. The molecule has 0 radical (unpaired) electrons. The maximum absolute atomic E-state index is 12.0. The Balaban J connectivity index is 1.79. The molecular formula is C17H25N3O2. The number of carbonyl (C=O) groups excluding carboxylic acids is 2. The Morgan fingerprint density at radius 2 is 1.82 bits per heavy atom. The van der Waals surface area contributed by atoms with Gasteiger partial charge in [0.2, 0.25) is 5.91 Å². The smallest absolute Gasteiger partial charge is 0.251 e. The van der Waals surface area contributed by atoms with Gasteiger partial charge in [0.15, 0.2) is 0 Å². The van der Waals surface area contributed by atoms with Gasteiger partial charge in [0.25, 0.3) is 5.91 Å². The maximum Gasteiger partial charge on any atom is 0.251 e. The Morgan fingerprint density at radius 1 is 1.18 bits per heavy atom. The SMILES string of the molecule is CNC(=O)c1ccc(CN(C)CC(=O)NC2CCCC2)cc1. The van der Waals surface area contributed by atoms with Crippen molar-refractivity contribution < 1.29 is 9.59 Å². The molecule has 120 valence electrons. The Morgan fingerprint density at radius 3 is 2.41 bits per heavy atom. The van der Waals surface area contributed by atoms with Crippen LogP contribution in [-0.2, 0) is 11.3 Å². The third kappa shape index (κ3) is 4.84. The van der Waals surface area contributed by atoms with Gasteiger partial charge in [-0.2, -0.15) is 0 Å². The van der Waals surface area contributed by atoms with Crippen LogP contribution in [0.25, 0.3) is 0 Å². The van der Waals surface area contributed by atoms with E-state index in [-0.39, 0.29) is 11.8 Å². The Labute approximate surface area is 132 Å². The number of nitrogens with one attached hydrogen (secondary N) is 2. The molecule has 0 aliphatic heterocycles. The van der Waals surface area contributed by atoms with Crippen LogP contribution in [0.1, 0.15) is 41.6 Å². The molecule has 0 aromatic heterocycles. The van der Waals surface area contributed by atoms with Crippen LogP contribution in [0, 0.1) is 0 Å². The van der Waals surface area contributed by atoms with Gasteiger partial charge in [-0.15, -0.1) is 0 Å². The molecule has 5 nitrogen and oxygen atoms in total. The van der Waals surface area contributed by atoms with E-state index >= 15 is 0 Å². The maximum atomic E-state index is 12.0. The summed E-state index contributed by atoms with van der Waals surface area (Å²) in [4.78, 5) is 25.4. The lowest BCUT2D eigenvalue weighted by Crippen LogP contribution is -2.39. The molecular weight excluding hydrogens is 278 g/mol. The van der Waals surface area contributed by atoms with Crippen molar-refractivity contribution in [1.82, 2.24) is 15.5 Å². The fourth-order valence-corrected chi connectivity index (χ4v) is 2.86. The third-order valence-corrected chi connectivity index (χ3v) is 4.03. The van der Waals surface area contributed by atoms with Gasteiger partial charge in [-0.1, -0.05) is 25.0 Å². The average Bonchev–Trinajstić information content (AvgIpc) is 2.99. The molecule has 1 aromatic carbocycles. The van der Waals surface area contributed by atoms with Gasteiger partial charge < -0.3 is 10.6 Å². The highest BCUT2D eigenvalue weighted by molar-refractivity contribution is 5.93. The molecule has 0 bridgehead atoms. The lowest BCUT2D eigenvalue weighted by Gasteiger charge is -2.18. The zero-order chi connectivity index (χ0) is 15.9. The second kappa shape index (κ2) is 7.94. The van der Waals surface area contributed by atoms with Crippen molar-refractivity contribution in [2.45, 2.75) is 38.3 Å². The summed E-state index contributed by atoms with van der Waals surface area (Å²) in [6.45, 7) is 1.08. The van der Waals surface area contributed by atoms with E-state index in [2.05, 4.69) is 10.6 Å². The molecule has 2 rings (SSSR count). The second-order valence-corrected chi connectivity index (χ2v) is 6.00. The molecule has 2 amide bonds. The van der Waals surface area contributed by atoms with Crippen LogP contribution < -0.4 is 10.6 Å². The van der Waals surface area contributed by atoms with Crippen LogP contribution in [0.15, 0.2) is 24.3 Å². The third-order valence-electron chi connectivity index (χ3n) is 4.03. The number of hydrogen-bond acceptors (Lipinski definition) is 3. The van der Waals surface area contributed by atoms with Crippen molar-refractivity contribution in [3.63, 3.8) is 0 Å². The number of rotatable bonds is 6. The Hall–Kier alpha value is -1.88. The van der Waals surface area contributed by atoms with Gasteiger partial charge in [0.1, 0.15) is 0 Å². The average molecular weight is 303 g/mol. The van der Waals surface area contributed by atoms with E-state index in [4.69, 9.17) is 0 Å². The van der Waals surface area contributed by atoms with Crippen molar-refractivity contribution in [1.29, 1.82) is 0 Å². The van der Waals surface area contributed by atoms with E-state index in [0.717, 1.165) is 18.4 Å². The molecule has 0 unspecified atom stereocenters. The number of nitrogens with zero attached hydrogens (tertiary/aromatic N) is 1. The first kappa shape index (κ1) is 16.5. The Kier molecular flexibility index (Phi) is 5.95. The topological polar surface area (TPSA) is 61.4 Å². The highest BCUT2D eigenvalue weighted by Crippen LogP contribution is 2.17. The summed E-state index contributed by atoms with van der Waals surface area (Å²) in [5.74, 6) is 0.00669. The molecule has 1 fully saturated rings. The summed E-state index contributed by atoms with van der Waals surface area (Å²) in [6.07, 6.45) is 4.66. The first-order valence-electron chi connectivity index (χ1n) is 7.87. The number of likely N-dealkylation sites (N-methyl/N-ethyl adjacent to an activating group) is 1. The summed E-state index contributed by atoms with van der Waals surface area (Å²) >= 11 is 0. The quantitative estimate of drug-likeness (QED) is 0.838. The minimum absolute atomic E-state index is 0.0872. The molecule has 0 atom stereocenters. The molecule has 0 heterocycles. The van der Waals surface area contributed by atoms with Gasteiger partial charge in [-0.3, -0.25) is 14.5 Å². The van der Waals surface area contributed by atoms with Gasteiger partial charge in [-0.05, 0) is 37.6 Å². The number of hydrogen-bond donors (Lipinski definition) is 2. The van der Waals surface area contributed by atoms with E-state index in [0.29, 0.717) is 24.7 Å². The lowest BCUT2D eigenvalue weighted by molar-refractivity contribution is -0.122. The molecule has 22 heavy (non-hydrogen) atoms. The molecule has 1 aliphatic rings. The summed E-state index contributed by atoms with van der Waals surface area (Å²) < 4.78 is 0. The number of carbonyl (C=O) groups is 2. The van der Waals surface area contributed by atoms with Crippen molar-refractivity contribution in [3.8, 4) is 0 Å². The van der Waals surface area contributed by atoms with Crippen LogP contribution in [0.4, 0.5) is 0 Å². The fourth-order valence-electron chi connectivity index (χ4n) is 2.86. The molecule has 1 saturated carbocycles. The van der Waals surface area contributed by atoms with Crippen molar-refractivity contribution in [2.75, 3.05) is 20.6 Å². The molecule has 5 heteroatoms. The second-order valence-electron chi connectivity index (χ2n) is 6.00. The van der Waals surface area contributed by atoms with E-state index < -0.39 is 0 Å². The summed E-state index contributed by atoms with van der Waals surface area (Å²) in [6, 6.07) is 7.83. The Bertz CT molecular complexity index is 507. The van der Waals surface area contributed by atoms with Crippen LogP contribution in [0.3, 0.4) is 0 Å². The molecule has 0 spiro atoms. The largest absolute Gasteiger partial charge is 0.355 e. The van der Waals surface area contributed by atoms with Gasteiger partial charge in [0, 0.05) is 25.2 Å². The van der Waals surface area contributed by atoms with E-state index in [1.165, 1.54) is 12.8 Å². The molecule has 1 aliphatic carbocycles. The molecule has 0 saturated heterocycles. The first-order chi connectivity index (χ1) is 10.6. The van der Waals surface area contributed by atoms with Crippen LogP contribution in [0.2, 0.25) is 0 Å². The monoisotopic (exact) mass is 303 g/mol. The summed E-state index contributed by atoms with van der Waals surface area (Å²) in [7, 11) is 3.55. The highest BCUT2D eigenvalue weighted by atomic mass is 16.2. The van der Waals surface area contributed by atoms with Gasteiger partial charge in [0.05, 0.1) is 6.54 Å². The predicted octanol–water partition coefficient (Wildman–Crippen LogP) is 1.54. The predicted molar refractivity (Wildman–Crippen MR) is 86.6 cm³/mol. The number of amides is 2. The normalized spacial score (nSPS) is 15.0. The standard InChI is InChI=1S/C17H25N3O2/c1-18-17(22)14-9-7-13(8-10-14)11-20(2)12-16(21)19-15-5-3-4-6-15/h7-10,15H,3-6,11-12H2,1-2H3,(H,18,22)(H,19,21). The zero-order valence-electron chi connectivity index (χ0n) is 13.4. The van der Waals surface area contributed by atoms with Crippen molar-refractivity contribution in [3.05, 3.63) is 35.4 Å². The molecule has 1 aromatic rings. The van der Waals surface area contributed by atoms with E-state index in [9.17, 15) is 9.59 Å². The van der Waals surface area contributed by atoms with Crippen molar-refractivity contribution >= 4 is 11.8 Å². The van der Waals surface area contributed by atoms with E-state index in [1.807, 2.05) is 24.1 Å². The molecule has 2 N–H and O–H groups in total. The van der Waals surface area contributed by atoms with Crippen molar-refractivity contribution in [2.24, 2.45) is 0 Å². The summed E-state index contributed by atoms with van der Waals surface area (Å²) in [5, 5.41) is 5.69. The van der Waals surface area contributed by atoms with Crippen LogP contribution >= 0.6 is 0 Å².